The normalized spacial score (nSPS) is 19.5. The Morgan fingerprint density at radius 3 is 2.76 bits per heavy atom. The summed E-state index contributed by atoms with van der Waals surface area (Å²) in [6.07, 6.45) is 1.21. The molecule has 1 aliphatic carbocycles. The Morgan fingerprint density at radius 2 is 2.12 bits per heavy atom. The first-order chi connectivity index (χ1) is 8.31. The summed E-state index contributed by atoms with van der Waals surface area (Å²) in [7, 11) is 2.07. The first-order valence-corrected chi connectivity index (χ1v) is 6.98. The summed E-state index contributed by atoms with van der Waals surface area (Å²) in [6.45, 7) is 2.22. The van der Waals surface area contributed by atoms with Crippen molar-refractivity contribution in [1.29, 1.82) is 0 Å². The maximum absolute atomic E-state index is 3.49. The van der Waals surface area contributed by atoms with Crippen LogP contribution < -0.4 is 5.32 Å². The van der Waals surface area contributed by atoms with E-state index in [-0.39, 0.29) is 0 Å². The Morgan fingerprint density at radius 1 is 1.29 bits per heavy atom. The van der Waals surface area contributed by atoms with E-state index in [2.05, 4.69) is 55.0 Å². The van der Waals surface area contributed by atoms with E-state index in [1.165, 1.54) is 28.0 Å². The molecule has 88 valence electrons. The second-order valence-corrected chi connectivity index (χ2v) is 5.83. The maximum atomic E-state index is 3.49. The molecule has 1 heterocycles. The molecule has 1 aromatic carbocycles. The van der Waals surface area contributed by atoms with Crippen molar-refractivity contribution in [1.82, 2.24) is 5.32 Å². The van der Waals surface area contributed by atoms with Crippen LogP contribution in [-0.2, 0) is 6.42 Å². The Balaban J connectivity index is 1.93. The van der Waals surface area contributed by atoms with Crippen LogP contribution in [0.3, 0.4) is 0 Å². The standard InChI is InChI=1S/C15H17NS/c1-10-12(7-8-17-10)15(16-2)14-9-11-5-3-4-6-13(11)14/h3-8,14-16H,9H2,1-2H3. The molecule has 1 aliphatic rings. The lowest BCUT2D eigenvalue weighted by molar-refractivity contribution is 0.438. The molecule has 0 spiro atoms. The molecular weight excluding hydrogens is 226 g/mol. The number of thiophene rings is 1. The molecule has 0 saturated heterocycles. The largest absolute Gasteiger partial charge is 0.312 e. The summed E-state index contributed by atoms with van der Waals surface area (Å²) in [6, 6.07) is 11.5. The van der Waals surface area contributed by atoms with E-state index in [1.54, 1.807) is 0 Å². The van der Waals surface area contributed by atoms with Crippen molar-refractivity contribution in [2.75, 3.05) is 7.05 Å². The predicted octanol–water partition coefficient (Wildman–Crippen LogP) is 3.66. The molecule has 1 aromatic heterocycles. The van der Waals surface area contributed by atoms with Crippen LogP contribution in [-0.4, -0.2) is 7.05 Å². The highest BCUT2D eigenvalue weighted by atomic mass is 32.1. The van der Waals surface area contributed by atoms with Crippen molar-refractivity contribution in [3.05, 3.63) is 57.3 Å². The second kappa shape index (κ2) is 4.28. The zero-order chi connectivity index (χ0) is 11.8. The lowest BCUT2D eigenvalue weighted by Crippen LogP contribution is -2.31. The molecule has 1 nitrogen and oxygen atoms in total. The molecule has 0 aliphatic heterocycles. The average molecular weight is 243 g/mol. The van der Waals surface area contributed by atoms with E-state index in [9.17, 15) is 0 Å². The van der Waals surface area contributed by atoms with Crippen LogP contribution in [0.25, 0.3) is 0 Å². The zero-order valence-corrected chi connectivity index (χ0v) is 11.1. The highest BCUT2D eigenvalue weighted by Gasteiger charge is 2.33. The van der Waals surface area contributed by atoms with Crippen LogP contribution >= 0.6 is 11.3 Å². The predicted molar refractivity (Wildman–Crippen MR) is 73.7 cm³/mol. The molecular formula is C15H17NS. The van der Waals surface area contributed by atoms with Crippen molar-refractivity contribution in [3.63, 3.8) is 0 Å². The Bertz CT molecular complexity index is 529. The lowest BCUT2D eigenvalue weighted by Gasteiger charge is -2.36. The van der Waals surface area contributed by atoms with Crippen LogP contribution in [0.2, 0.25) is 0 Å². The number of benzene rings is 1. The molecule has 0 saturated carbocycles. The molecule has 3 rings (SSSR count). The Labute approximate surface area is 106 Å². The van der Waals surface area contributed by atoms with E-state index in [0.717, 1.165) is 0 Å². The fourth-order valence-corrected chi connectivity index (χ4v) is 3.64. The van der Waals surface area contributed by atoms with E-state index in [4.69, 9.17) is 0 Å². The lowest BCUT2D eigenvalue weighted by atomic mass is 9.72. The van der Waals surface area contributed by atoms with Gasteiger partial charge in [-0.1, -0.05) is 24.3 Å². The number of nitrogens with one attached hydrogen (secondary N) is 1. The number of aryl methyl sites for hydroxylation is 1. The van der Waals surface area contributed by atoms with Gasteiger partial charge in [0.2, 0.25) is 0 Å². The third-order valence-electron chi connectivity index (χ3n) is 3.84. The fourth-order valence-electron chi connectivity index (χ4n) is 2.89. The smallest absolute Gasteiger partial charge is 0.0401 e. The minimum Gasteiger partial charge on any atom is -0.312 e. The monoisotopic (exact) mass is 243 g/mol. The van der Waals surface area contributed by atoms with Gasteiger partial charge >= 0.3 is 0 Å². The molecule has 2 atom stereocenters. The fraction of sp³-hybridized carbons (Fsp3) is 0.333. The van der Waals surface area contributed by atoms with Gasteiger partial charge in [0.05, 0.1) is 0 Å². The molecule has 17 heavy (non-hydrogen) atoms. The summed E-state index contributed by atoms with van der Waals surface area (Å²) < 4.78 is 0. The van der Waals surface area contributed by atoms with Crippen molar-refractivity contribution < 1.29 is 0 Å². The van der Waals surface area contributed by atoms with Crippen molar-refractivity contribution >= 4 is 11.3 Å². The van der Waals surface area contributed by atoms with E-state index >= 15 is 0 Å². The summed E-state index contributed by atoms with van der Waals surface area (Å²) in [5.74, 6) is 0.643. The van der Waals surface area contributed by atoms with E-state index in [0.29, 0.717) is 12.0 Å². The van der Waals surface area contributed by atoms with Crippen molar-refractivity contribution in [2.24, 2.45) is 0 Å². The highest BCUT2D eigenvalue weighted by molar-refractivity contribution is 7.10. The van der Waals surface area contributed by atoms with Crippen LogP contribution in [0, 0.1) is 6.92 Å². The van der Waals surface area contributed by atoms with Gasteiger partial charge in [0.1, 0.15) is 0 Å². The highest BCUT2D eigenvalue weighted by Crippen LogP contribution is 2.44. The van der Waals surface area contributed by atoms with Crippen LogP contribution in [0.1, 0.15) is 33.5 Å². The van der Waals surface area contributed by atoms with Gasteiger partial charge in [-0.2, -0.15) is 0 Å². The number of likely N-dealkylation sites (N-methyl/N-ethyl adjacent to an activating group) is 1. The van der Waals surface area contributed by atoms with Crippen LogP contribution in [0.15, 0.2) is 35.7 Å². The van der Waals surface area contributed by atoms with Gasteiger partial charge in [0.15, 0.2) is 0 Å². The first kappa shape index (κ1) is 11.0. The SMILES string of the molecule is CNC(c1ccsc1C)C1Cc2ccccc21. The number of hydrogen-bond donors (Lipinski definition) is 1. The van der Waals surface area contributed by atoms with Gasteiger partial charge < -0.3 is 5.32 Å². The van der Waals surface area contributed by atoms with Gasteiger partial charge in [-0.25, -0.2) is 0 Å². The number of hydrogen-bond acceptors (Lipinski definition) is 2. The second-order valence-electron chi connectivity index (χ2n) is 4.71. The van der Waals surface area contributed by atoms with E-state index < -0.39 is 0 Å². The number of fused-ring (bicyclic) bond motifs is 1. The summed E-state index contributed by atoms with van der Waals surface area (Å²) in [5.41, 5.74) is 4.51. The maximum Gasteiger partial charge on any atom is 0.0401 e. The number of rotatable bonds is 3. The summed E-state index contributed by atoms with van der Waals surface area (Å²) >= 11 is 1.84. The Hall–Kier alpha value is -1.12. The topological polar surface area (TPSA) is 12.0 Å². The molecule has 1 N–H and O–H groups in total. The average Bonchev–Trinajstić information content (AvgIpc) is 2.72. The molecule has 2 aromatic rings. The zero-order valence-electron chi connectivity index (χ0n) is 10.2. The van der Waals surface area contributed by atoms with Gasteiger partial charge in [0.25, 0.3) is 0 Å². The van der Waals surface area contributed by atoms with Crippen LogP contribution in [0.5, 0.6) is 0 Å². The molecule has 2 unspecified atom stereocenters. The van der Waals surface area contributed by atoms with Gasteiger partial charge in [-0.15, -0.1) is 11.3 Å². The molecule has 0 radical (unpaired) electrons. The van der Waals surface area contributed by atoms with E-state index in [1.807, 2.05) is 11.3 Å². The van der Waals surface area contributed by atoms with Crippen LogP contribution in [0.4, 0.5) is 0 Å². The third kappa shape index (κ3) is 1.72. The van der Waals surface area contributed by atoms with Gasteiger partial charge in [-0.3, -0.25) is 0 Å². The Kier molecular flexibility index (Phi) is 2.77. The quantitative estimate of drug-likeness (QED) is 0.867. The molecule has 0 fully saturated rings. The first-order valence-electron chi connectivity index (χ1n) is 6.10. The van der Waals surface area contributed by atoms with Crippen molar-refractivity contribution in [2.45, 2.75) is 25.3 Å². The third-order valence-corrected chi connectivity index (χ3v) is 4.70. The molecule has 0 bridgehead atoms. The summed E-state index contributed by atoms with van der Waals surface area (Å²) in [4.78, 5) is 1.44. The van der Waals surface area contributed by atoms with Gasteiger partial charge in [0, 0.05) is 16.8 Å². The summed E-state index contributed by atoms with van der Waals surface area (Å²) in [5, 5.41) is 5.69. The van der Waals surface area contributed by atoms with Crippen molar-refractivity contribution in [3.8, 4) is 0 Å². The molecule has 2 heteroatoms. The minimum absolute atomic E-state index is 0.469. The molecule has 0 amide bonds. The van der Waals surface area contributed by atoms with Gasteiger partial charge in [-0.05, 0) is 48.5 Å². The minimum atomic E-state index is 0.469.